The molecular weight excluding hydrogens is 346 g/mol. The van der Waals surface area contributed by atoms with Gasteiger partial charge in [0.25, 0.3) is 5.91 Å². The molecule has 2 bridgehead atoms. The SMILES string of the molecule is Cc1nc(-n2cccc2)sc1C(=O)N1C2CCC1CC(n1ccnc1)C2. The maximum absolute atomic E-state index is 13.3. The molecule has 26 heavy (non-hydrogen) atoms. The minimum absolute atomic E-state index is 0.162. The van der Waals surface area contributed by atoms with Crippen molar-refractivity contribution >= 4 is 17.2 Å². The van der Waals surface area contributed by atoms with Gasteiger partial charge < -0.3 is 14.0 Å². The van der Waals surface area contributed by atoms with Gasteiger partial charge >= 0.3 is 0 Å². The summed E-state index contributed by atoms with van der Waals surface area (Å²) in [5.41, 5.74) is 0.833. The number of hydrogen-bond acceptors (Lipinski definition) is 4. The molecule has 0 N–H and O–H groups in total. The Morgan fingerprint density at radius 1 is 1.12 bits per heavy atom. The molecule has 2 fully saturated rings. The molecule has 3 aromatic rings. The molecule has 2 saturated heterocycles. The van der Waals surface area contributed by atoms with Gasteiger partial charge in [-0.15, -0.1) is 0 Å². The Labute approximate surface area is 156 Å². The zero-order valence-electron chi connectivity index (χ0n) is 14.7. The summed E-state index contributed by atoms with van der Waals surface area (Å²) in [4.78, 5) is 25.1. The third-order valence-corrected chi connectivity index (χ3v) is 6.85. The van der Waals surface area contributed by atoms with Crippen molar-refractivity contribution < 1.29 is 4.79 Å². The summed E-state index contributed by atoms with van der Waals surface area (Å²) in [6.45, 7) is 1.94. The Morgan fingerprint density at radius 2 is 1.85 bits per heavy atom. The van der Waals surface area contributed by atoms with Crippen LogP contribution in [-0.2, 0) is 0 Å². The molecule has 2 aliphatic heterocycles. The van der Waals surface area contributed by atoms with Crippen LogP contribution in [-0.4, -0.2) is 42.0 Å². The largest absolute Gasteiger partial charge is 0.334 e. The molecule has 0 aliphatic carbocycles. The van der Waals surface area contributed by atoms with Crippen molar-refractivity contribution in [2.75, 3.05) is 0 Å². The zero-order valence-corrected chi connectivity index (χ0v) is 15.5. The molecule has 2 aliphatic rings. The molecule has 0 spiro atoms. The predicted molar refractivity (Wildman–Crippen MR) is 99.7 cm³/mol. The average molecular weight is 367 g/mol. The van der Waals surface area contributed by atoms with Crippen LogP contribution in [0.15, 0.2) is 43.2 Å². The van der Waals surface area contributed by atoms with Crippen LogP contribution in [0.1, 0.15) is 47.1 Å². The summed E-state index contributed by atoms with van der Waals surface area (Å²) in [6.07, 6.45) is 13.9. The number of imidazole rings is 1. The molecule has 2 atom stereocenters. The van der Waals surface area contributed by atoms with Gasteiger partial charge in [-0.05, 0) is 44.7 Å². The number of nitrogens with zero attached hydrogens (tertiary/aromatic N) is 5. The number of carbonyl (C=O) groups excluding carboxylic acids is 1. The second-order valence-corrected chi connectivity index (χ2v) is 8.21. The second kappa shape index (κ2) is 6.09. The van der Waals surface area contributed by atoms with E-state index in [1.165, 1.54) is 11.3 Å². The van der Waals surface area contributed by atoms with Crippen molar-refractivity contribution in [1.82, 2.24) is 24.0 Å². The molecule has 1 amide bonds. The summed E-state index contributed by atoms with van der Waals surface area (Å²) in [5.74, 6) is 0.162. The minimum Gasteiger partial charge on any atom is -0.334 e. The van der Waals surface area contributed by atoms with Gasteiger partial charge in [0.15, 0.2) is 5.13 Å². The van der Waals surface area contributed by atoms with Gasteiger partial charge in [-0.3, -0.25) is 4.79 Å². The van der Waals surface area contributed by atoms with Crippen LogP contribution >= 0.6 is 11.3 Å². The van der Waals surface area contributed by atoms with E-state index in [0.717, 1.165) is 41.4 Å². The van der Waals surface area contributed by atoms with Crippen molar-refractivity contribution in [3.8, 4) is 5.13 Å². The number of thiazole rings is 1. The lowest BCUT2D eigenvalue weighted by Crippen LogP contribution is -2.46. The van der Waals surface area contributed by atoms with E-state index in [1.54, 1.807) is 0 Å². The van der Waals surface area contributed by atoms with Crippen molar-refractivity contribution in [3.63, 3.8) is 0 Å². The maximum atomic E-state index is 13.3. The fourth-order valence-corrected chi connectivity index (χ4v) is 5.46. The molecule has 134 valence electrons. The Balaban J connectivity index is 1.40. The van der Waals surface area contributed by atoms with Gasteiger partial charge in [-0.25, -0.2) is 9.97 Å². The topological polar surface area (TPSA) is 56.0 Å². The van der Waals surface area contributed by atoms with Gasteiger partial charge in [0.1, 0.15) is 4.88 Å². The highest BCUT2D eigenvalue weighted by atomic mass is 32.1. The van der Waals surface area contributed by atoms with Crippen molar-refractivity contribution in [1.29, 1.82) is 0 Å². The zero-order chi connectivity index (χ0) is 17.7. The molecule has 5 heterocycles. The molecule has 0 saturated carbocycles. The molecule has 7 heteroatoms. The highest BCUT2D eigenvalue weighted by molar-refractivity contribution is 7.16. The first-order valence-electron chi connectivity index (χ1n) is 9.11. The van der Waals surface area contributed by atoms with Crippen LogP contribution in [0.4, 0.5) is 0 Å². The molecule has 6 nitrogen and oxygen atoms in total. The number of piperidine rings is 1. The fraction of sp³-hybridized carbons (Fsp3) is 0.421. The normalized spacial score (nSPS) is 25.0. The van der Waals surface area contributed by atoms with E-state index >= 15 is 0 Å². The van der Waals surface area contributed by atoms with Gasteiger partial charge in [-0.1, -0.05) is 11.3 Å². The Hall–Kier alpha value is -2.41. The number of hydrogen-bond donors (Lipinski definition) is 0. The van der Waals surface area contributed by atoms with E-state index in [2.05, 4.69) is 19.4 Å². The third kappa shape index (κ3) is 2.49. The summed E-state index contributed by atoms with van der Waals surface area (Å²) in [6, 6.07) is 5.05. The van der Waals surface area contributed by atoms with Gasteiger partial charge in [0.2, 0.25) is 0 Å². The highest BCUT2D eigenvalue weighted by Gasteiger charge is 2.44. The number of rotatable bonds is 3. The lowest BCUT2D eigenvalue weighted by Gasteiger charge is -2.39. The van der Waals surface area contributed by atoms with Crippen molar-refractivity contribution in [3.05, 3.63) is 53.8 Å². The summed E-state index contributed by atoms with van der Waals surface area (Å²) in [5, 5.41) is 0.858. The maximum Gasteiger partial charge on any atom is 0.266 e. The lowest BCUT2D eigenvalue weighted by atomic mass is 9.97. The first kappa shape index (κ1) is 15.8. The van der Waals surface area contributed by atoms with Crippen molar-refractivity contribution in [2.45, 2.75) is 50.7 Å². The number of aromatic nitrogens is 4. The number of fused-ring (bicyclic) bond motifs is 2. The first-order valence-corrected chi connectivity index (χ1v) is 9.93. The standard InChI is InChI=1S/C19H21N5OS/c1-13-17(26-19(21-13)22-7-2-3-8-22)18(25)24-14-4-5-15(24)11-16(10-14)23-9-6-20-12-23/h2-3,6-9,12,14-16H,4-5,10-11H2,1H3. The Bertz CT molecular complexity index is 900. The second-order valence-electron chi connectivity index (χ2n) is 7.23. The van der Waals surface area contributed by atoms with Crippen LogP contribution in [0.2, 0.25) is 0 Å². The van der Waals surface area contributed by atoms with E-state index in [-0.39, 0.29) is 5.91 Å². The smallest absolute Gasteiger partial charge is 0.266 e. The third-order valence-electron chi connectivity index (χ3n) is 5.69. The molecule has 5 rings (SSSR count). The quantitative estimate of drug-likeness (QED) is 0.712. The Morgan fingerprint density at radius 3 is 2.50 bits per heavy atom. The van der Waals surface area contributed by atoms with E-state index in [4.69, 9.17) is 0 Å². The molecule has 0 aromatic carbocycles. The summed E-state index contributed by atoms with van der Waals surface area (Å²) >= 11 is 1.49. The molecule has 0 radical (unpaired) electrons. The van der Waals surface area contributed by atoms with E-state index in [0.29, 0.717) is 18.1 Å². The average Bonchev–Trinajstić information content (AvgIpc) is 3.41. The van der Waals surface area contributed by atoms with E-state index in [1.807, 2.05) is 54.7 Å². The minimum atomic E-state index is 0.162. The van der Waals surface area contributed by atoms with Crippen LogP contribution in [0.25, 0.3) is 5.13 Å². The van der Waals surface area contributed by atoms with E-state index in [9.17, 15) is 4.79 Å². The number of amides is 1. The fourth-order valence-electron chi connectivity index (χ4n) is 4.48. The van der Waals surface area contributed by atoms with Crippen molar-refractivity contribution in [2.24, 2.45) is 0 Å². The molecular formula is C19H21N5OS. The van der Waals surface area contributed by atoms with E-state index < -0.39 is 0 Å². The van der Waals surface area contributed by atoms with Crippen LogP contribution in [0.3, 0.4) is 0 Å². The Kier molecular flexibility index (Phi) is 3.70. The molecule has 3 aromatic heterocycles. The lowest BCUT2D eigenvalue weighted by molar-refractivity contribution is 0.0537. The van der Waals surface area contributed by atoms with Crippen LogP contribution in [0, 0.1) is 6.92 Å². The summed E-state index contributed by atoms with van der Waals surface area (Å²) < 4.78 is 4.17. The van der Waals surface area contributed by atoms with Gasteiger partial charge in [0.05, 0.1) is 12.0 Å². The van der Waals surface area contributed by atoms with Gasteiger partial charge in [0, 0.05) is 42.9 Å². The van der Waals surface area contributed by atoms with Gasteiger partial charge in [-0.2, -0.15) is 0 Å². The number of carbonyl (C=O) groups is 1. The van der Waals surface area contributed by atoms with Crippen LogP contribution < -0.4 is 0 Å². The highest BCUT2D eigenvalue weighted by Crippen LogP contribution is 2.42. The predicted octanol–water partition coefficient (Wildman–Crippen LogP) is 3.45. The first-order chi connectivity index (χ1) is 12.7. The summed E-state index contributed by atoms with van der Waals surface area (Å²) in [7, 11) is 0. The number of aryl methyl sites for hydroxylation is 1. The van der Waals surface area contributed by atoms with Crippen LogP contribution in [0.5, 0.6) is 0 Å². The molecule has 2 unspecified atom stereocenters. The monoisotopic (exact) mass is 367 g/mol.